The van der Waals surface area contributed by atoms with Crippen LogP contribution in [0.1, 0.15) is 51.7 Å². The van der Waals surface area contributed by atoms with Crippen LogP contribution in [0.15, 0.2) is 82.8 Å². The van der Waals surface area contributed by atoms with E-state index in [0.717, 1.165) is 18.2 Å². The molecule has 2 bridgehead atoms. The summed E-state index contributed by atoms with van der Waals surface area (Å²) in [7, 11) is 2.84. The van der Waals surface area contributed by atoms with Crippen molar-refractivity contribution in [2.24, 2.45) is 17.6 Å². The van der Waals surface area contributed by atoms with E-state index in [0.29, 0.717) is 11.1 Å². The Kier molecular flexibility index (Phi) is 14.5. The van der Waals surface area contributed by atoms with Gasteiger partial charge >= 0.3 is 12.3 Å². The molecule has 2 amide bonds. The Bertz CT molecular complexity index is 1630. The predicted octanol–water partition coefficient (Wildman–Crippen LogP) is 4.61. The first-order chi connectivity index (χ1) is 24.0. The third-order valence-electron chi connectivity index (χ3n) is 8.76. The summed E-state index contributed by atoms with van der Waals surface area (Å²) in [6.07, 6.45) is -1.51. The molecular formula is C37H46F3N3O8. The number of ether oxygens (including phenoxy) is 3. The average Bonchev–Trinajstić information content (AvgIpc) is 3.06. The fraction of sp³-hybridized carbons (Fsp3) is 0.459. The van der Waals surface area contributed by atoms with E-state index in [4.69, 9.17) is 19.9 Å². The summed E-state index contributed by atoms with van der Waals surface area (Å²) >= 11 is 0. The van der Waals surface area contributed by atoms with Crippen molar-refractivity contribution in [2.75, 3.05) is 20.8 Å². The van der Waals surface area contributed by atoms with E-state index in [9.17, 15) is 37.5 Å². The van der Waals surface area contributed by atoms with Crippen molar-refractivity contribution in [3.63, 3.8) is 0 Å². The van der Waals surface area contributed by atoms with Crippen LogP contribution in [0.5, 0.6) is 0 Å². The van der Waals surface area contributed by atoms with Gasteiger partial charge in [-0.2, -0.15) is 13.2 Å². The minimum absolute atomic E-state index is 0.0227. The molecular weight excluding hydrogens is 671 g/mol. The van der Waals surface area contributed by atoms with E-state index in [1.165, 1.54) is 45.4 Å². The van der Waals surface area contributed by atoms with Crippen molar-refractivity contribution in [1.29, 1.82) is 0 Å². The van der Waals surface area contributed by atoms with Crippen LogP contribution in [0.2, 0.25) is 0 Å². The van der Waals surface area contributed by atoms with Crippen LogP contribution in [0.3, 0.4) is 0 Å². The number of methoxy groups -OCH3 is 2. The number of allylic oxidation sites excluding steroid dienone is 4. The number of benzene rings is 1. The number of ketones is 2. The van der Waals surface area contributed by atoms with Gasteiger partial charge in [-0.3, -0.25) is 14.4 Å². The smallest absolute Gasteiger partial charge is 0.416 e. The monoisotopic (exact) mass is 717 g/mol. The lowest BCUT2D eigenvalue weighted by molar-refractivity contribution is -0.137. The number of carbonyl (C=O) groups is 4. The molecule has 1 heterocycles. The maximum Gasteiger partial charge on any atom is 0.416 e. The number of rotatable bonds is 7. The van der Waals surface area contributed by atoms with Gasteiger partial charge in [-0.1, -0.05) is 56.4 Å². The van der Waals surface area contributed by atoms with Gasteiger partial charge in [0.2, 0.25) is 11.6 Å². The molecule has 1 aliphatic heterocycles. The Hall–Kier alpha value is -4.53. The van der Waals surface area contributed by atoms with Crippen molar-refractivity contribution in [2.45, 2.75) is 77.5 Å². The summed E-state index contributed by atoms with van der Waals surface area (Å²) in [6, 6.07) is 4.84. The van der Waals surface area contributed by atoms with Crippen LogP contribution < -0.4 is 16.4 Å². The molecule has 2 aliphatic rings. The maximum absolute atomic E-state index is 13.9. The van der Waals surface area contributed by atoms with Crippen LogP contribution in [-0.4, -0.2) is 73.9 Å². The molecule has 0 unspecified atom stereocenters. The van der Waals surface area contributed by atoms with Gasteiger partial charge in [-0.15, -0.1) is 0 Å². The van der Waals surface area contributed by atoms with Gasteiger partial charge in [0.1, 0.15) is 6.10 Å². The summed E-state index contributed by atoms with van der Waals surface area (Å²) in [5.74, 6) is -2.73. The number of halogens is 3. The number of hydrogen-bond donors (Lipinski definition) is 4. The molecule has 0 saturated carbocycles. The van der Waals surface area contributed by atoms with Gasteiger partial charge in [0.25, 0.3) is 5.91 Å². The molecule has 0 radical (unpaired) electrons. The summed E-state index contributed by atoms with van der Waals surface area (Å²) in [5.41, 5.74) is 5.45. The molecule has 1 aromatic rings. The summed E-state index contributed by atoms with van der Waals surface area (Å²) in [6.45, 7) is 6.80. The summed E-state index contributed by atoms with van der Waals surface area (Å²) in [4.78, 5) is 52.3. The van der Waals surface area contributed by atoms with E-state index >= 15 is 0 Å². The van der Waals surface area contributed by atoms with Crippen molar-refractivity contribution in [3.05, 3.63) is 93.9 Å². The molecule has 5 N–H and O–H groups in total. The molecule has 0 fully saturated rings. The quantitative estimate of drug-likeness (QED) is 0.233. The van der Waals surface area contributed by atoms with Crippen molar-refractivity contribution < 1.29 is 51.7 Å². The Morgan fingerprint density at radius 1 is 1.12 bits per heavy atom. The number of carbonyl (C=O) groups excluding carboxylic acids is 4. The molecule has 1 aliphatic carbocycles. The van der Waals surface area contributed by atoms with E-state index in [2.05, 4.69) is 10.6 Å². The number of aliphatic hydroxyl groups is 1. The molecule has 0 aromatic heterocycles. The largest absolute Gasteiger partial charge is 0.439 e. The third-order valence-corrected chi connectivity index (χ3v) is 8.76. The molecule has 278 valence electrons. The number of aliphatic hydroxyl groups excluding tert-OH is 1. The average molecular weight is 718 g/mol. The Morgan fingerprint density at radius 2 is 1.82 bits per heavy atom. The fourth-order valence-corrected chi connectivity index (χ4v) is 6.01. The van der Waals surface area contributed by atoms with Crippen molar-refractivity contribution in [3.8, 4) is 0 Å². The summed E-state index contributed by atoms with van der Waals surface area (Å²) < 4.78 is 56.3. The minimum Gasteiger partial charge on any atom is -0.439 e. The number of primary amides is 1. The predicted molar refractivity (Wildman–Crippen MR) is 183 cm³/mol. The molecule has 1 aromatic carbocycles. The van der Waals surface area contributed by atoms with Crippen molar-refractivity contribution >= 4 is 23.6 Å². The molecule has 14 heteroatoms. The highest BCUT2D eigenvalue weighted by Crippen LogP contribution is 2.31. The zero-order valence-corrected chi connectivity index (χ0v) is 29.5. The molecule has 11 nitrogen and oxygen atoms in total. The second-order valence-corrected chi connectivity index (χ2v) is 12.8. The number of nitrogens with one attached hydrogen (secondary N) is 2. The number of alkyl halides is 3. The van der Waals surface area contributed by atoms with E-state index in [1.54, 1.807) is 26.0 Å². The van der Waals surface area contributed by atoms with Gasteiger partial charge in [0, 0.05) is 43.9 Å². The van der Waals surface area contributed by atoms with Crippen LogP contribution >= 0.6 is 0 Å². The highest BCUT2D eigenvalue weighted by Gasteiger charge is 2.34. The lowest BCUT2D eigenvalue weighted by atomic mass is 9.85. The molecule has 0 spiro atoms. The van der Waals surface area contributed by atoms with Gasteiger partial charge < -0.3 is 35.7 Å². The topological polar surface area (TPSA) is 166 Å². The molecule has 51 heavy (non-hydrogen) atoms. The first kappa shape index (κ1) is 40.9. The Balaban J connectivity index is 2.01. The molecule has 3 rings (SSSR count). The Morgan fingerprint density at radius 3 is 2.45 bits per heavy atom. The van der Waals surface area contributed by atoms with Crippen LogP contribution in [0, 0.1) is 11.8 Å². The first-order valence-corrected chi connectivity index (χ1v) is 16.4. The van der Waals surface area contributed by atoms with Crippen LogP contribution in [0.4, 0.5) is 18.0 Å². The third kappa shape index (κ3) is 11.2. The van der Waals surface area contributed by atoms with Gasteiger partial charge in [0.15, 0.2) is 6.10 Å². The number of fused-ring (bicyclic) bond motifs is 2. The van der Waals surface area contributed by atoms with Gasteiger partial charge in [-0.25, -0.2) is 4.79 Å². The minimum atomic E-state index is -4.51. The zero-order valence-electron chi connectivity index (χ0n) is 29.5. The molecule has 6 atom stereocenters. The lowest BCUT2D eigenvalue weighted by Gasteiger charge is -2.30. The van der Waals surface area contributed by atoms with Crippen LogP contribution in [-0.2, 0) is 41.2 Å². The fourth-order valence-electron chi connectivity index (χ4n) is 6.01. The SMILES string of the molecule is CO[C@H]1/C=C\C=C(/C)C(=O)NC2=CC(=O)C(NCCc3cccc(C(F)(F)F)c3)=C(C[C@@H](C)C[C@H](OC)[C@H](O)[C@@H](C)/C=C(\C)[C@@H]1OC(N)=O)C2=O. The van der Waals surface area contributed by atoms with Crippen molar-refractivity contribution in [1.82, 2.24) is 10.6 Å². The normalized spacial score (nSPS) is 28.5. The lowest BCUT2D eigenvalue weighted by Crippen LogP contribution is -2.38. The summed E-state index contributed by atoms with van der Waals surface area (Å²) in [5, 5.41) is 16.8. The van der Waals surface area contributed by atoms with E-state index in [-0.39, 0.29) is 54.3 Å². The number of hydrogen-bond acceptors (Lipinski definition) is 9. The maximum atomic E-state index is 13.9. The molecule has 0 saturated heterocycles. The number of Topliss-reactive ketones (excluding diaryl/α,β-unsaturated/α-hetero) is 1. The van der Waals surface area contributed by atoms with Crippen LogP contribution in [0.25, 0.3) is 0 Å². The van der Waals surface area contributed by atoms with Gasteiger partial charge in [-0.05, 0) is 56.2 Å². The second-order valence-electron chi connectivity index (χ2n) is 12.8. The highest BCUT2D eigenvalue weighted by atomic mass is 19.4. The van der Waals surface area contributed by atoms with E-state index in [1.807, 2.05) is 6.92 Å². The second kappa shape index (κ2) is 18.1. The first-order valence-electron chi connectivity index (χ1n) is 16.4. The number of nitrogens with two attached hydrogens (primary N) is 1. The van der Waals surface area contributed by atoms with E-state index < -0.39 is 65.6 Å². The zero-order chi connectivity index (χ0) is 38.0. The standard InChI is InChI=1S/C37H46F3N3O8/c1-20-15-26-31(42-14-13-24-10-8-11-25(18-24)37(38,39)40)28(44)19-27(33(26)46)43-35(47)21(2)9-7-12-29(49-5)34(51-36(41)48)23(4)17-22(3)32(45)30(16-20)50-6/h7-12,17-20,22,29-30,32,34,42,45H,13-16H2,1-6H3,(H2,41,48)(H,43,47)/b12-7-,21-9+,23-17+/t20-,22+,29+,30+,32-,34+/m1/s1. The Labute approximate surface area is 295 Å². The highest BCUT2D eigenvalue weighted by molar-refractivity contribution is 6.23. The van der Waals surface area contributed by atoms with Gasteiger partial charge in [0.05, 0.1) is 29.2 Å². The number of amides is 2.